The lowest BCUT2D eigenvalue weighted by molar-refractivity contribution is 0.280. The van der Waals surface area contributed by atoms with Gasteiger partial charge in [-0.2, -0.15) is 0 Å². The first kappa shape index (κ1) is 14.0. The van der Waals surface area contributed by atoms with Gasteiger partial charge in [0.05, 0.1) is 5.39 Å². The van der Waals surface area contributed by atoms with E-state index in [-0.39, 0.29) is 11.1 Å². The highest BCUT2D eigenvalue weighted by molar-refractivity contribution is 7.71. The molecular formula is C15H20N2OS2. The zero-order valence-corrected chi connectivity index (χ0v) is 13.8. The second-order valence-electron chi connectivity index (χ2n) is 5.84. The average Bonchev–Trinajstić information content (AvgIpc) is 2.98. The van der Waals surface area contributed by atoms with Crippen molar-refractivity contribution in [3.8, 4) is 0 Å². The molecule has 1 aliphatic carbocycles. The number of fused-ring (bicyclic) bond motifs is 3. The predicted molar refractivity (Wildman–Crippen MR) is 87.5 cm³/mol. The first-order valence-electron chi connectivity index (χ1n) is 7.32. The van der Waals surface area contributed by atoms with Crippen molar-refractivity contribution in [3.63, 3.8) is 0 Å². The van der Waals surface area contributed by atoms with Crippen LogP contribution in [-0.2, 0) is 18.4 Å². The molecule has 0 radical (unpaired) electrons. The molecule has 3 nitrogen and oxygen atoms in total. The second kappa shape index (κ2) is 4.81. The van der Waals surface area contributed by atoms with Crippen LogP contribution in [0.5, 0.6) is 0 Å². The largest absolute Gasteiger partial charge is 0.323 e. The molecule has 0 saturated carbocycles. The fraction of sp³-hybridized carbons (Fsp3) is 0.600. The summed E-state index contributed by atoms with van der Waals surface area (Å²) in [6.07, 6.45) is 5.11. The van der Waals surface area contributed by atoms with Gasteiger partial charge in [-0.3, -0.25) is 9.36 Å². The molecule has 0 bridgehead atoms. The fourth-order valence-electron chi connectivity index (χ4n) is 3.13. The summed E-state index contributed by atoms with van der Waals surface area (Å²) >= 11 is 7.18. The van der Waals surface area contributed by atoms with E-state index in [0.717, 1.165) is 35.9 Å². The van der Waals surface area contributed by atoms with E-state index >= 15 is 0 Å². The third kappa shape index (κ3) is 1.83. The Kier molecular flexibility index (Phi) is 3.37. The molecule has 0 aromatic carbocycles. The molecule has 2 aromatic heterocycles. The summed E-state index contributed by atoms with van der Waals surface area (Å²) in [5, 5.41) is 0.893. The summed E-state index contributed by atoms with van der Waals surface area (Å²) in [6, 6.07) is 0. The van der Waals surface area contributed by atoms with Crippen molar-refractivity contribution in [1.82, 2.24) is 9.55 Å². The monoisotopic (exact) mass is 308 g/mol. The molecule has 0 fully saturated rings. The van der Waals surface area contributed by atoms with Gasteiger partial charge in [0.2, 0.25) is 0 Å². The number of aromatic nitrogens is 2. The highest BCUT2D eigenvalue weighted by Gasteiger charge is 2.28. The van der Waals surface area contributed by atoms with E-state index in [1.54, 1.807) is 11.3 Å². The van der Waals surface area contributed by atoms with E-state index in [4.69, 9.17) is 12.2 Å². The number of aromatic amines is 1. The molecule has 1 aliphatic rings. The topological polar surface area (TPSA) is 37.8 Å². The number of thiophene rings is 1. The van der Waals surface area contributed by atoms with Crippen molar-refractivity contribution < 1.29 is 0 Å². The number of hydrogen-bond donors (Lipinski definition) is 1. The van der Waals surface area contributed by atoms with Crippen molar-refractivity contribution >= 4 is 33.8 Å². The van der Waals surface area contributed by atoms with Gasteiger partial charge in [-0.1, -0.05) is 13.8 Å². The van der Waals surface area contributed by atoms with Crippen LogP contribution in [-0.4, -0.2) is 9.55 Å². The van der Waals surface area contributed by atoms with Gasteiger partial charge in [-0.15, -0.1) is 11.3 Å². The fourth-order valence-corrected chi connectivity index (χ4v) is 4.88. The normalized spacial score (nSPS) is 14.9. The van der Waals surface area contributed by atoms with Gasteiger partial charge in [-0.05, 0) is 56.8 Å². The molecule has 2 heterocycles. The Morgan fingerprint density at radius 1 is 1.35 bits per heavy atom. The lowest BCUT2D eigenvalue weighted by Crippen LogP contribution is -2.39. The molecule has 2 aromatic rings. The van der Waals surface area contributed by atoms with E-state index in [2.05, 4.69) is 25.8 Å². The molecule has 0 aliphatic heterocycles. The van der Waals surface area contributed by atoms with Crippen LogP contribution in [0, 0.1) is 4.77 Å². The Bertz CT molecular complexity index is 777. The van der Waals surface area contributed by atoms with E-state index in [9.17, 15) is 4.79 Å². The Morgan fingerprint density at radius 2 is 2.05 bits per heavy atom. The number of rotatable bonds is 3. The van der Waals surface area contributed by atoms with E-state index in [1.807, 2.05) is 4.57 Å². The van der Waals surface area contributed by atoms with E-state index in [1.165, 1.54) is 16.9 Å². The van der Waals surface area contributed by atoms with Crippen LogP contribution in [0.25, 0.3) is 10.2 Å². The lowest BCUT2D eigenvalue weighted by Gasteiger charge is -2.29. The van der Waals surface area contributed by atoms with Crippen LogP contribution in [0.1, 0.15) is 50.5 Å². The number of aryl methyl sites for hydroxylation is 2. The number of H-pyrrole nitrogens is 1. The maximum absolute atomic E-state index is 13.0. The van der Waals surface area contributed by atoms with Gasteiger partial charge in [0, 0.05) is 10.4 Å². The summed E-state index contributed by atoms with van der Waals surface area (Å²) in [4.78, 5) is 18.7. The molecule has 3 rings (SSSR count). The van der Waals surface area contributed by atoms with E-state index < -0.39 is 0 Å². The van der Waals surface area contributed by atoms with Crippen molar-refractivity contribution in [2.45, 2.75) is 58.4 Å². The minimum absolute atomic E-state index is 0.106. The van der Waals surface area contributed by atoms with Crippen LogP contribution in [0.2, 0.25) is 0 Å². The summed E-state index contributed by atoms with van der Waals surface area (Å²) in [6.45, 7) is 6.36. The molecule has 20 heavy (non-hydrogen) atoms. The van der Waals surface area contributed by atoms with Gasteiger partial charge in [0.25, 0.3) is 5.56 Å². The predicted octanol–water partition coefficient (Wildman–Crippen LogP) is 4.14. The summed E-state index contributed by atoms with van der Waals surface area (Å²) in [7, 11) is 0. The number of nitrogens with one attached hydrogen (secondary N) is 1. The first-order valence-corrected chi connectivity index (χ1v) is 8.54. The van der Waals surface area contributed by atoms with Gasteiger partial charge in [0.15, 0.2) is 4.77 Å². The first-order chi connectivity index (χ1) is 9.51. The molecule has 0 atom stereocenters. The number of hydrogen-bond acceptors (Lipinski definition) is 3. The van der Waals surface area contributed by atoms with Crippen LogP contribution in [0.3, 0.4) is 0 Å². The molecule has 0 unspecified atom stereocenters. The summed E-state index contributed by atoms with van der Waals surface area (Å²) < 4.78 is 2.38. The van der Waals surface area contributed by atoms with E-state index in [0.29, 0.717) is 4.77 Å². The molecule has 108 valence electrons. The van der Waals surface area contributed by atoms with Gasteiger partial charge in [0.1, 0.15) is 4.83 Å². The molecule has 5 heteroatoms. The minimum Gasteiger partial charge on any atom is -0.323 e. The summed E-state index contributed by atoms with van der Waals surface area (Å²) in [5.41, 5.74) is 1.17. The SMILES string of the molecule is CCC(C)(CC)n1c(=S)[nH]c2sc3c(c2c1=O)CCC3. The Hall–Kier alpha value is -0.940. The highest BCUT2D eigenvalue weighted by Crippen LogP contribution is 2.35. The number of nitrogens with zero attached hydrogens (tertiary/aromatic N) is 1. The molecule has 0 saturated heterocycles. The maximum atomic E-state index is 13.0. The van der Waals surface area contributed by atoms with Crippen LogP contribution < -0.4 is 5.56 Å². The average molecular weight is 308 g/mol. The lowest BCUT2D eigenvalue weighted by atomic mass is 9.95. The Balaban J connectivity index is 2.40. The molecule has 1 N–H and O–H groups in total. The molecule has 0 amide bonds. The Morgan fingerprint density at radius 3 is 2.70 bits per heavy atom. The summed E-state index contributed by atoms with van der Waals surface area (Å²) in [5.74, 6) is 0. The smallest absolute Gasteiger partial charge is 0.263 e. The van der Waals surface area contributed by atoms with Crippen molar-refractivity contribution in [1.29, 1.82) is 0 Å². The van der Waals surface area contributed by atoms with Crippen LogP contribution >= 0.6 is 23.6 Å². The minimum atomic E-state index is -0.202. The zero-order valence-electron chi connectivity index (χ0n) is 12.2. The third-order valence-electron chi connectivity index (χ3n) is 4.82. The molecule has 0 spiro atoms. The van der Waals surface area contributed by atoms with Gasteiger partial charge < -0.3 is 4.98 Å². The highest BCUT2D eigenvalue weighted by atomic mass is 32.1. The standard InChI is InChI=1S/C15H20N2OS2/c1-4-15(3,5-2)17-13(18)11-9-7-6-8-10(9)20-12(11)16-14(17)19/h4-8H2,1-3H3,(H,16,19). The van der Waals surface area contributed by atoms with Crippen LogP contribution in [0.15, 0.2) is 4.79 Å². The Labute approximate surface area is 127 Å². The zero-order chi connectivity index (χ0) is 14.5. The van der Waals surface area contributed by atoms with Crippen molar-refractivity contribution in [2.24, 2.45) is 0 Å². The van der Waals surface area contributed by atoms with Gasteiger partial charge in [-0.25, -0.2) is 0 Å². The quantitative estimate of drug-likeness (QED) is 0.865. The third-order valence-corrected chi connectivity index (χ3v) is 6.32. The van der Waals surface area contributed by atoms with Crippen molar-refractivity contribution in [3.05, 3.63) is 25.6 Å². The molecular weight excluding hydrogens is 288 g/mol. The van der Waals surface area contributed by atoms with Gasteiger partial charge >= 0.3 is 0 Å². The maximum Gasteiger partial charge on any atom is 0.263 e. The second-order valence-corrected chi connectivity index (χ2v) is 7.33. The van der Waals surface area contributed by atoms with Crippen molar-refractivity contribution in [2.75, 3.05) is 0 Å². The van der Waals surface area contributed by atoms with Crippen LogP contribution in [0.4, 0.5) is 0 Å².